The standard InChI is InChI=1S/C10H13ClN2O2/c11-9-2-1-3-10(13-9)15-7-8-6-12-4-5-14-8/h1-3,8,12H,4-7H2/t8-/m0/s1. The molecule has 1 aromatic rings. The Bertz CT molecular complexity index is 316. The van der Waals surface area contributed by atoms with E-state index in [0.29, 0.717) is 17.6 Å². The molecule has 0 aromatic carbocycles. The zero-order valence-electron chi connectivity index (χ0n) is 8.28. The van der Waals surface area contributed by atoms with Crippen LogP contribution in [0.1, 0.15) is 0 Å². The van der Waals surface area contributed by atoms with Gasteiger partial charge in [-0.2, -0.15) is 0 Å². The van der Waals surface area contributed by atoms with E-state index in [0.717, 1.165) is 19.7 Å². The number of rotatable bonds is 3. The lowest BCUT2D eigenvalue weighted by Gasteiger charge is -2.23. The second kappa shape index (κ2) is 5.30. The molecule has 2 rings (SSSR count). The summed E-state index contributed by atoms with van der Waals surface area (Å²) in [5, 5.41) is 3.67. The van der Waals surface area contributed by atoms with Crippen molar-refractivity contribution in [3.63, 3.8) is 0 Å². The number of nitrogens with zero attached hydrogens (tertiary/aromatic N) is 1. The molecule has 2 heterocycles. The highest BCUT2D eigenvalue weighted by molar-refractivity contribution is 6.29. The highest BCUT2D eigenvalue weighted by Crippen LogP contribution is 2.12. The molecular weight excluding hydrogens is 216 g/mol. The lowest BCUT2D eigenvalue weighted by Crippen LogP contribution is -2.41. The maximum atomic E-state index is 5.73. The molecule has 15 heavy (non-hydrogen) atoms. The van der Waals surface area contributed by atoms with Gasteiger partial charge in [0.25, 0.3) is 0 Å². The monoisotopic (exact) mass is 228 g/mol. The molecule has 1 aliphatic rings. The van der Waals surface area contributed by atoms with Gasteiger partial charge < -0.3 is 14.8 Å². The molecule has 0 bridgehead atoms. The molecule has 1 saturated heterocycles. The fourth-order valence-corrected chi connectivity index (χ4v) is 1.53. The number of aromatic nitrogens is 1. The molecule has 1 atom stereocenters. The van der Waals surface area contributed by atoms with Crippen molar-refractivity contribution in [2.75, 3.05) is 26.3 Å². The van der Waals surface area contributed by atoms with Gasteiger partial charge in [0.1, 0.15) is 17.9 Å². The lowest BCUT2D eigenvalue weighted by molar-refractivity contribution is -0.000735. The van der Waals surface area contributed by atoms with Gasteiger partial charge in [0, 0.05) is 19.2 Å². The maximum absolute atomic E-state index is 5.73. The van der Waals surface area contributed by atoms with E-state index in [2.05, 4.69) is 10.3 Å². The fourth-order valence-electron chi connectivity index (χ4n) is 1.38. The molecule has 82 valence electrons. The van der Waals surface area contributed by atoms with E-state index in [-0.39, 0.29) is 6.10 Å². The Kier molecular flexibility index (Phi) is 3.77. The van der Waals surface area contributed by atoms with Gasteiger partial charge in [-0.25, -0.2) is 4.98 Å². The first-order chi connectivity index (χ1) is 7.34. The van der Waals surface area contributed by atoms with Crippen LogP contribution in [-0.4, -0.2) is 37.4 Å². The molecule has 0 aliphatic carbocycles. The first kappa shape index (κ1) is 10.7. The zero-order valence-corrected chi connectivity index (χ0v) is 9.04. The first-order valence-corrected chi connectivity index (χ1v) is 5.30. The minimum absolute atomic E-state index is 0.0968. The van der Waals surface area contributed by atoms with Crippen LogP contribution >= 0.6 is 11.6 Å². The molecule has 0 spiro atoms. The van der Waals surface area contributed by atoms with Crippen LogP contribution in [0.3, 0.4) is 0 Å². The van der Waals surface area contributed by atoms with Crippen molar-refractivity contribution in [1.29, 1.82) is 0 Å². The van der Waals surface area contributed by atoms with Crippen molar-refractivity contribution in [2.45, 2.75) is 6.10 Å². The SMILES string of the molecule is Clc1cccc(OC[C@@H]2CNCCO2)n1. The average Bonchev–Trinajstić information content (AvgIpc) is 2.28. The van der Waals surface area contributed by atoms with Crippen molar-refractivity contribution < 1.29 is 9.47 Å². The number of hydrogen-bond acceptors (Lipinski definition) is 4. The molecule has 1 fully saturated rings. The highest BCUT2D eigenvalue weighted by atomic mass is 35.5. The summed E-state index contributed by atoms with van der Waals surface area (Å²) in [4.78, 5) is 4.02. The number of nitrogens with one attached hydrogen (secondary N) is 1. The van der Waals surface area contributed by atoms with E-state index < -0.39 is 0 Å². The van der Waals surface area contributed by atoms with E-state index in [1.165, 1.54) is 0 Å². The summed E-state index contributed by atoms with van der Waals surface area (Å²) in [5.74, 6) is 0.539. The van der Waals surface area contributed by atoms with Crippen molar-refractivity contribution in [1.82, 2.24) is 10.3 Å². The fraction of sp³-hybridized carbons (Fsp3) is 0.500. The van der Waals surface area contributed by atoms with Gasteiger partial charge >= 0.3 is 0 Å². The van der Waals surface area contributed by atoms with Crippen LogP contribution in [-0.2, 0) is 4.74 Å². The predicted octanol–water partition coefficient (Wildman–Crippen LogP) is 1.10. The van der Waals surface area contributed by atoms with E-state index in [4.69, 9.17) is 21.1 Å². The third-order valence-electron chi connectivity index (χ3n) is 2.11. The second-order valence-electron chi connectivity index (χ2n) is 3.31. The summed E-state index contributed by atoms with van der Waals surface area (Å²) in [7, 11) is 0. The van der Waals surface area contributed by atoms with E-state index in [1.54, 1.807) is 12.1 Å². The largest absolute Gasteiger partial charge is 0.475 e. The molecule has 1 N–H and O–H groups in total. The van der Waals surface area contributed by atoms with Crippen LogP contribution in [0, 0.1) is 0 Å². The Labute approximate surface area is 93.6 Å². The maximum Gasteiger partial charge on any atom is 0.214 e. The minimum Gasteiger partial charge on any atom is -0.475 e. The van der Waals surface area contributed by atoms with Gasteiger partial charge in [-0.05, 0) is 6.07 Å². The summed E-state index contributed by atoms with van der Waals surface area (Å²) >= 11 is 5.73. The van der Waals surface area contributed by atoms with Crippen LogP contribution in [0.25, 0.3) is 0 Å². The minimum atomic E-state index is 0.0968. The third kappa shape index (κ3) is 3.34. The number of morpholine rings is 1. The van der Waals surface area contributed by atoms with Crippen molar-refractivity contribution in [2.24, 2.45) is 0 Å². The van der Waals surface area contributed by atoms with Crippen LogP contribution in [0.2, 0.25) is 5.15 Å². The Morgan fingerprint density at radius 3 is 3.27 bits per heavy atom. The summed E-state index contributed by atoms with van der Waals surface area (Å²) in [6.45, 7) is 2.96. The van der Waals surface area contributed by atoms with Crippen LogP contribution in [0.15, 0.2) is 18.2 Å². The number of pyridine rings is 1. The molecule has 4 nitrogen and oxygen atoms in total. The number of ether oxygens (including phenoxy) is 2. The van der Waals surface area contributed by atoms with Crippen molar-refractivity contribution in [3.8, 4) is 5.88 Å². The van der Waals surface area contributed by atoms with Gasteiger partial charge in [-0.1, -0.05) is 17.7 Å². The van der Waals surface area contributed by atoms with E-state index >= 15 is 0 Å². The molecule has 1 aromatic heterocycles. The van der Waals surface area contributed by atoms with Gasteiger partial charge in [-0.3, -0.25) is 0 Å². The first-order valence-electron chi connectivity index (χ1n) is 4.92. The summed E-state index contributed by atoms with van der Waals surface area (Å²) in [6, 6.07) is 5.31. The van der Waals surface area contributed by atoms with Crippen molar-refractivity contribution >= 4 is 11.6 Å². The summed E-state index contributed by atoms with van der Waals surface area (Å²) in [6.07, 6.45) is 0.0968. The van der Waals surface area contributed by atoms with Crippen molar-refractivity contribution in [3.05, 3.63) is 23.4 Å². The second-order valence-corrected chi connectivity index (χ2v) is 3.69. The smallest absolute Gasteiger partial charge is 0.214 e. The Balaban J connectivity index is 1.81. The lowest BCUT2D eigenvalue weighted by atomic mass is 10.3. The molecule has 1 aliphatic heterocycles. The Morgan fingerprint density at radius 1 is 1.60 bits per heavy atom. The molecule has 5 heteroatoms. The predicted molar refractivity (Wildman–Crippen MR) is 57.4 cm³/mol. The van der Waals surface area contributed by atoms with Gasteiger partial charge in [0.15, 0.2) is 0 Å². The van der Waals surface area contributed by atoms with Crippen LogP contribution in [0.5, 0.6) is 5.88 Å². The highest BCUT2D eigenvalue weighted by Gasteiger charge is 2.13. The van der Waals surface area contributed by atoms with Gasteiger partial charge in [-0.15, -0.1) is 0 Å². The Morgan fingerprint density at radius 2 is 2.53 bits per heavy atom. The molecular formula is C10H13ClN2O2. The van der Waals surface area contributed by atoms with Crippen LogP contribution < -0.4 is 10.1 Å². The number of hydrogen-bond donors (Lipinski definition) is 1. The normalized spacial score (nSPS) is 21.3. The Hall–Kier alpha value is -0.840. The third-order valence-corrected chi connectivity index (χ3v) is 2.32. The molecule has 0 unspecified atom stereocenters. The molecule has 0 radical (unpaired) electrons. The number of halogens is 1. The molecule has 0 saturated carbocycles. The topological polar surface area (TPSA) is 43.4 Å². The van der Waals surface area contributed by atoms with E-state index in [1.807, 2.05) is 6.07 Å². The van der Waals surface area contributed by atoms with E-state index in [9.17, 15) is 0 Å². The zero-order chi connectivity index (χ0) is 10.5. The van der Waals surface area contributed by atoms with Gasteiger partial charge in [0.2, 0.25) is 5.88 Å². The van der Waals surface area contributed by atoms with Crippen LogP contribution in [0.4, 0.5) is 0 Å². The van der Waals surface area contributed by atoms with Gasteiger partial charge in [0.05, 0.1) is 6.61 Å². The quantitative estimate of drug-likeness (QED) is 0.787. The average molecular weight is 229 g/mol. The summed E-state index contributed by atoms with van der Waals surface area (Å²) in [5.41, 5.74) is 0. The molecule has 0 amide bonds. The summed E-state index contributed by atoms with van der Waals surface area (Å²) < 4.78 is 10.9.